The third-order valence-corrected chi connectivity index (χ3v) is 7.21. The van der Waals surface area contributed by atoms with Crippen LogP contribution in [0.25, 0.3) is 0 Å². The van der Waals surface area contributed by atoms with Crippen LogP contribution in [0.1, 0.15) is 38.2 Å². The molecular formula is C20H33N5O2S. The quantitative estimate of drug-likeness (QED) is 0.552. The summed E-state index contributed by atoms with van der Waals surface area (Å²) in [5.74, 6) is 2.56. The number of nitrogens with zero attached hydrogens (tertiary/aromatic N) is 3. The predicted octanol–water partition coefficient (Wildman–Crippen LogP) is 1.66. The molecule has 2 aliphatic rings. The Kier molecular flexibility index (Phi) is 8.09. The van der Waals surface area contributed by atoms with Crippen LogP contribution in [0.2, 0.25) is 0 Å². The second-order valence-corrected chi connectivity index (χ2v) is 9.32. The standard InChI is InChI=1S/C20H33N5O2S/c1-3-28(26)18-8-4-7-17(14-18)24-20(21-2)23-15-16-6-5-9-22-19(16)25-10-12-27-13-11-25/h5-6,9,17-18H,3-4,7-8,10-15H2,1-2H3,(H2,21,23,24). The molecule has 0 bridgehead atoms. The Labute approximate surface area is 170 Å². The first-order chi connectivity index (χ1) is 13.7. The van der Waals surface area contributed by atoms with Gasteiger partial charge in [0.25, 0.3) is 0 Å². The van der Waals surface area contributed by atoms with Gasteiger partial charge in [0.2, 0.25) is 0 Å². The molecule has 2 N–H and O–H groups in total. The van der Waals surface area contributed by atoms with Crippen molar-refractivity contribution in [1.29, 1.82) is 0 Å². The second kappa shape index (κ2) is 10.8. The van der Waals surface area contributed by atoms with E-state index >= 15 is 0 Å². The lowest BCUT2D eigenvalue weighted by molar-refractivity contribution is 0.122. The van der Waals surface area contributed by atoms with Gasteiger partial charge >= 0.3 is 0 Å². The van der Waals surface area contributed by atoms with E-state index in [1.807, 2.05) is 19.2 Å². The summed E-state index contributed by atoms with van der Waals surface area (Å²) in [6, 6.07) is 4.41. The van der Waals surface area contributed by atoms with Crippen LogP contribution in [0.15, 0.2) is 23.3 Å². The molecule has 0 aromatic carbocycles. The van der Waals surface area contributed by atoms with E-state index in [1.54, 1.807) is 7.05 Å². The maximum absolute atomic E-state index is 12.2. The molecule has 1 aliphatic carbocycles. The van der Waals surface area contributed by atoms with Gasteiger partial charge in [-0.1, -0.05) is 19.4 Å². The number of nitrogens with one attached hydrogen (secondary N) is 2. The van der Waals surface area contributed by atoms with Crippen LogP contribution in [-0.2, 0) is 22.1 Å². The highest BCUT2D eigenvalue weighted by molar-refractivity contribution is 7.85. The van der Waals surface area contributed by atoms with Crippen molar-refractivity contribution in [1.82, 2.24) is 15.6 Å². The Balaban J connectivity index is 1.57. The van der Waals surface area contributed by atoms with E-state index in [0.29, 0.717) is 17.8 Å². The number of rotatable bonds is 6. The van der Waals surface area contributed by atoms with E-state index in [4.69, 9.17) is 4.74 Å². The smallest absolute Gasteiger partial charge is 0.191 e. The number of pyridine rings is 1. The van der Waals surface area contributed by atoms with Crippen LogP contribution >= 0.6 is 0 Å². The molecular weight excluding hydrogens is 374 g/mol. The highest BCUT2D eigenvalue weighted by atomic mass is 32.2. The Morgan fingerprint density at radius 3 is 2.96 bits per heavy atom. The Hall–Kier alpha value is -1.67. The topological polar surface area (TPSA) is 78.8 Å². The van der Waals surface area contributed by atoms with E-state index in [0.717, 1.165) is 75.1 Å². The number of aromatic nitrogens is 1. The summed E-state index contributed by atoms with van der Waals surface area (Å²) in [6.07, 6.45) is 6.09. The second-order valence-electron chi connectivity index (χ2n) is 7.31. The molecule has 28 heavy (non-hydrogen) atoms. The summed E-state index contributed by atoms with van der Waals surface area (Å²) in [7, 11) is 1.08. The van der Waals surface area contributed by atoms with Crippen molar-refractivity contribution in [2.45, 2.75) is 50.4 Å². The molecule has 1 aromatic rings. The SMILES string of the molecule is CCS(=O)C1CCCC(NC(=NC)NCc2cccnc2N2CCOCC2)C1. The highest BCUT2D eigenvalue weighted by Crippen LogP contribution is 2.23. The molecule has 3 atom stereocenters. The minimum atomic E-state index is -0.715. The molecule has 1 aromatic heterocycles. The van der Waals surface area contributed by atoms with Crippen LogP contribution in [0, 0.1) is 0 Å². The van der Waals surface area contributed by atoms with Gasteiger partial charge in [0.1, 0.15) is 5.82 Å². The first-order valence-corrected chi connectivity index (χ1v) is 11.7. The summed E-state index contributed by atoms with van der Waals surface area (Å²) in [5.41, 5.74) is 1.15. The first-order valence-electron chi connectivity index (χ1n) is 10.3. The lowest BCUT2D eigenvalue weighted by Gasteiger charge is -2.31. The lowest BCUT2D eigenvalue weighted by atomic mass is 9.95. The molecule has 156 valence electrons. The molecule has 7 nitrogen and oxygen atoms in total. The number of ether oxygens (including phenoxy) is 1. The first kappa shape index (κ1) is 21.0. The third kappa shape index (κ3) is 5.67. The van der Waals surface area contributed by atoms with Gasteiger partial charge in [0.15, 0.2) is 5.96 Å². The Morgan fingerprint density at radius 2 is 2.21 bits per heavy atom. The van der Waals surface area contributed by atoms with E-state index in [1.165, 1.54) is 0 Å². The summed E-state index contributed by atoms with van der Waals surface area (Å²) >= 11 is 0. The summed E-state index contributed by atoms with van der Waals surface area (Å²) < 4.78 is 17.6. The van der Waals surface area contributed by atoms with Gasteiger partial charge in [-0.05, 0) is 25.3 Å². The molecule has 2 fully saturated rings. The zero-order valence-corrected chi connectivity index (χ0v) is 17.8. The molecule has 1 aliphatic heterocycles. The van der Waals surface area contributed by atoms with E-state index < -0.39 is 10.8 Å². The van der Waals surface area contributed by atoms with Gasteiger partial charge in [-0.15, -0.1) is 0 Å². The summed E-state index contributed by atoms with van der Waals surface area (Å²) in [5, 5.41) is 7.28. The number of hydrogen-bond acceptors (Lipinski definition) is 5. The molecule has 8 heteroatoms. The monoisotopic (exact) mass is 407 g/mol. The van der Waals surface area contributed by atoms with Crippen molar-refractivity contribution in [2.75, 3.05) is 44.0 Å². The van der Waals surface area contributed by atoms with Crippen LogP contribution in [0.3, 0.4) is 0 Å². The number of guanidine groups is 1. The third-order valence-electron chi connectivity index (χ3n) is 5.47. The average Bonchev–Trinajstić information content (AvgIpc) is 2.77. The number of morpholine rings is 1. The van der Waals surface area contributed by atoms with Crippen LogP contribution in [-0.4, -0.2) is 65.5 Å². The molecule has 1 saturated carbocycles. The van der Waals surface area contributed by atoms with Crippen molar-refractivity contribution < 1.29 is 8.95 Å². The van der Waals surface area contributed by atoms with Crippen LogP contribution in [0.5, 0.6) is 0 Å². The Bertz CT molecular complexity index is 678. The van der Waals surface area contributed by atoms with E-state index in [2.05, 4.69) is 31.6 Å². The van der Waals surface area contributed by atoms with E-state index in [-0.39, 0.29) is 0 Å². The molecule has 0 spiro atoms. The molecule has 3 unspecified atom stereocenters. The van der Waals surface area contributed by atoms with Crippen molar-refractivity contribution in [3.8, 4) is 0 Å². The van der Waals surface area contributed by atoms with Crippen molar-refractivity contribution in [2.24, 2.45) is 4.99 Å². The summed E-state index contributed by atoms with van der Waals surface area (Å²) in [6.45, 7) is 5.90. The van der Waals surface area contributed by atoms with Gasteiger partial charge in [-0.2, -0.15) is 0 Å². The highest BCUT2D eigenvalue weighted by Gasteiger charge is 2.26. The van der Waals surface area contributed by atoms with E-state index in [9.17, 15) is 4.21 Å². The predicted molar refractivity (Wildman–Crippen MR) is 115 cm³/mol. The zero-order valence-electron chi connectivity index (χ0n) is 17.0. The normalized spacial score (nSPS) is 24.6. The van der Waals surface area contributed by atoms with Crippen molar-refractivity contribution >= 4 is 22.6 Å². The van der Waals surface area contributed by atoms with Crippen LogP contribution < -0.4 is 15.5 Å². The fourth-order valence-electron chi connectivity index (χ4n) is 3.95. The zero-order chi connectivity index (χ0) is 19.8. The van der Waals surface area contributed by atoms with Gasteiger partial charge in [-0.25, -0.2) is 4.98 Å². The minimum Gasteiger partial charge on any atom is -0.378 e. The molecule has 2 heterocycles. The Morgan fingerprint density at radius 1 is 1.39 bits per heavy atom. The molecule has 3 rings (SSSR count). The van der Waals surface area contributed by atoms with Gasteiger partial charge in [-0.3, -0.25) is 9.20 Å². The fourth-order valence-corrected chi connectivity index (χ4v) is 5.29. The fraction of sp³-hybridized carbons (Fsp3) is 0.700. The van der Waals surface area contributed by atoms with Gasteiger partial charge in [0.05, 0.1) is 13.2 Å². The number of aliphatic imine (C=N–C) groups is 1. The summed E-state index contributed by atoms with van der Waals surface area (Å²) in [4.78, 5) is 11.3. The van der Waals surface area contributed by atoms with Gasteiger partial charge in [0, 0.05) is 66.3 Å². The molecule has 1 saturated heterocycles. The molecule has 0 radical (unpaired) electrons. The van der Waals surface area contributed by atoms with Crippen molar-refractivity contribution in [3.63, 3.8) is 0 Å². The van der Waals surface area contributed by atoms with Gasteiger partial charge < -0.3 is 20.3 Å². The lowest BCUT2D eigenvalue weighted by Crippen LogP contribution is -2.46. The molecule has 0 amide bonds. The average molecular weight is 408 g/mol. The number of anilines is 1. The maximum atomic E-state index is 12.2. The van der Waals surface area contributed by atoms with Crippen molar-refractivity contribution in [3.05, 3.63) is 23.9 Å². The number of hydrogen-bond donors (Lipinski definition) is 2. The largest absolute Gasteiger partial charge is 0.378 e. The van der Waals surface area contributed by atoms with Crippen LogP contribution in [0.4, 0.5) is 5.82 Å². The minimum absolute atomic E-state index is 0.306. The maximum Gasteiger partial charge on any atom is 0.191 e.